The maximum Gasteiger partial charge on any atom is 0.189 e. The summed E-state index contributed by atoms with van der Waals surface area (Å²) < 4.78 is 0. The van der Waals surface area contributed by atoms with E-state index in [1.807, 2.05) is 0 Å². The average molecular weight is 153 g/mol. The summed E-state index contributed by atoms with van der Waals surface area (Å²) in [6.07, 6.45) is 3.30. The number of ketones is 1. The van der Waals surface area contributed by atoms with Gasteiger partial charge in [-0.25, -0.2) is 0 Å². The number of hydrogen-bond acceptors (Lipinski definition) is 3. The molecule has 0 aliphatic heterocycles. The van der Waals surface area contributed by atoms with Crippen LogP contribution in [-0.4, -0.2) is 16.5 Å². The van der Waals surface area contributed by atoms with Gasteiger partial charge in [0, 0.05) is 24.6 Å². The minimum absolute atomic E-state index is 0.234. The molecule has 1 rings (SSSR count). The number of carbonyl (C=O) groups excluding carboxylic acids is 1. The molecule has 3 nitrogen and oxygen atoms in total. The summed E-state index contributed by atoms with van der Waals surface area (Å²) in [5, 5.41) is 9.58. The average Bonchev–Trinajstić information content (AvgIpc) is 2.08. The van der Waals surface area contributed by atoms with Crippen molar-refractivity contribution in [3.63, 3.8) is 0 Å². The fourth-order valence-electron chi connectivity index (χ4n) is 1.19. The molecule has 0 heterocycles. The van der Waals surface area contributed by atoms with Crippen LogP contribution in [0.5, 0.6) is 0 Å². The molecule has 11 heavy (non-hydrogen) atoms. The van der Waals surface area contributed by atoms with Crippen molar-refractivity contribution in [3.8, 4) is 0 Å². The zero-order valence-electron chi connectivity index (χ0n) is 6.21. The summed E-state index contributed by atoms with van der Waals surface area (Å²) >= 11 is 0. The molecular weight excluding hydrogens is 142 g/mol. The fourth-order valence-corrected chi connectivity index (χ4v) is 1.19. The van der Waals surface area contributed by atoms with E-state index in [2.05, 4.69) is 6.58 Å². The van der Waals surface area contributed by atoms with Crippen molar-refractivity contribution in [1.82, 2.24) is 0 Å². The molecule has 0 unspecified atom stereocenters. The zero-order valence-corrected chi connectivity index (χ0v) is 6.21. The highest BCUT2D eigenvalue weighted by Crippen LogP contribution is 2.26. The van der Waals surface area contributed by atoms with Gasteiger partial charge in [-0.15, -0.1) is 6.58 Å². The lowest BCUT2D eigenvalue weighted by Gasteiger charge is -2.17. The molecule has 3 N–H and O–H groups in total. The molecule has 0 aromatic heterocycles. The van der Waals surface area contributed by atoms with Gasteiger partial charge >= 0.3 is 0 Å². The Morgan fingerprint density at radius 3 is 2.91 bits per heavy atom. The molecule has 0 radical (unpaired) electrons. The molecular formula is C8H11NO2. The Morgan fingerprint density at radius 1 is 1.91 bits per heavy atom. The third-order valence-corrected chi connectivity index (χ3v) is 1.75. The lowest BCUT2D eigenvalue weighted by atomic mass is 9.96. The third-order valence-electron chi connectivity index (χ3n) is 1.75. The Labute approximate surface area is 65.2 Å². The van der Waals surface area contributed by atoms with Gasteiger partial charge in [0.25, 0.3) is 0 Å². The molecule has 0 aromatic carbocycles. The van der Waals surface area contributed by atoms with Crippen LogP contribution in [0.15, 0.2) is 24.4 Å². The van der Waals surface area contributed by atoms with Crippen molar-refractivity contribution in [2.24, 2.45) is 5.73 Å². The van der Waals surface area contributed by atoms with Crippen LogP contribution in [-0.2, 0) is 4.79 Å². The maximum absolute atomic E-state index is 11.0. The number of rotatable bonds is 2. The van der Waals surface area contributed by atoms with Crippen molar-refractivity contribution in [2.75, 3.05) is 0 Å². The van der Waals surface area contributed by atoms with Crippen molar-refractivity contribution in [3.05, 3.63) is 24.4 Å². The number of aliphatic hydroxyl groups is 1. The van der Waals surface area contributed by atoms with Gasteiger partial charge in [0.1, 0.15) is 5.60 Å². The molecule has 0 saturated heterocycles. The van der Waals surface area contributed by atoms with Crippen LogP contribution in [0.2, 0.25) is 0 Å². The van der Waals surface area contributed by atoms with Gasteiger partial charge in [0.15, 0.2) is 5.78 Å². The minimum atomic E-state index is -1.30. The first kappa shape index (κ1) is 8.01. The van der Waals surface area contributed by atoms with E-state index in [4.69, 9.17) is 5.73 Å². The molecule has 0 amide bonds. The van der Waals surface area contributed by atoms with E-state index in [0.29, 0.717) is 5.70 Å². The summed E-state index contributed by atoms with van der Waals surface area (Å²) in [7, 11) is 0. The Balaban J connectivity index is 2.77. The third kappa shape index (κ3) is 1.33. The van der Waals surface area contributed by atoms with Crippen LogP contribution in [0.25, 0.3) is 0 Å². The molecule has 60 valence electrons. The second-order valence-electron chi connectivity index (χ2n) is 2.78. The molecule has 0 bridgehead atoms. The van der Waals surface area contributed by atoms with Crippen LogP contribution in [0.1, 0.15) is 12.8 Å². The highest BCUT2D eigenvalue weighted by molar-refractivity contribution is 6.00. The van der Waals surface area contributed by atoms with Gasteiger partial charge in [-0.3, -0.25) is 4.79 Å². The molecule has 1 aliphatic rings. The summed E-state index contributed by atoms with van der Waals surface area (Å²) in [5.74, 6) is -0.310. The first-order valence-corrected chi connectivity index (χ1v) is 3.42. The van der Waals surface area contributed by atoms with Crippen LogP contribution in [0.4, 0.5) is 0 Å². The zero-order chi connectivity index (χ0) is 8.48. The molecule has 1 atom stereocenters. The Bertz CT molecular complexity index is 232. The standard InChI is InChI=1S/C8H11NO2/c1-2-3-8(11)5-6(9)4-7(8)10/h2,4,11H,1,3,5,9H2/t8-/m1/s1. The molecule has 1 aliphatic carbocycles. The summed E-state index contributed by atoms with van der Waals surface area (Å²) in [5.41, 5.74) is 4.52. The molecule has 0 saturated carbocycles. The van der Waals surface area contributed by atoms with Gasteiger partial charge in [-0.2, -0.15) is 0 Å². The second kappa shape index (κ2) is 2.51. The normalized spacial score (nSPS) is 30.3. The first-order chi connectivity index (χ1) is 5.08. The number of nitrogens with two attached hydrogens (primary N) is 1. The predicted octanol–water partition coefficient (Wildman–Crippen LogP) is 0.109. The topological polar surface area (TPSA) is 63.3 Å². The van der Waals surface area contributed by atoms with E-state index in [1.165, 1.54) is 12.2 Å². The van der Waals surface area contributed by atoms with Crippen LogP contribution >= 0.6 is 0 Å². The lowest BCUT2D eigenvalue weighted by Crippen LogP contribution is -2.33. The van der Waals surface area contributed by atoms with E-state index in [9.17, 15) is 9.90 Å². The van der Waals surface area contributed by atoms with Crippen LogP contribution in [0, 0.1) is 0 Å². The van der Waals surface area contributed by atoms with Crippen LogP contribution in [0.3, 0.4) is 0 Å². The number of hydrogen-bond donors (Lipinski definition) is 2. The molecule has 0 aromatic rings. The summed E-state index contributed by atoms with van der Waals surface area (Å²) in [4.78, 5) is 11.0. The Kier molecular flexibility index (Phi) is 1.83. The largest absolute Gasteiger partial charge is 0.402 e. The fraction of sp³-hybridized carbons (Fsp3) is 0.375. The number of carbonyl (C=O) groups is 1. The highest BCUT2D eigenvalue weighted by atomic mass is 16.3. The van der Waals surface area contributed by atoms with E-state index in [1.54, 1.807) is 0 Å². The summed E-state index contributed by atoms with van der Waals surface area (Å²) in [6, 6.07) is 0. The lowest BCUT2D eigenvalue weighted by molar-refractivity contribution is -0.130. The first-order valence-electron chi connectivity index (χ1n) is 3.42. The van der Waals surface area contributed by atoms with Crippen LogP contribution < -0.4 is 5.73 Å². The van der Waals surface area contributed by atoms with Gasteiger partial charge < -0.3 is 10.8 Å². The SMILES string of the molecule is C=CC[C@@]1(O)CC(N)=CC1=O. The van der Waals surface area contributed by atoms with E-state index in [0.717, 1.165) is 0 Å². The maximum atomic E-state index is 11.0. The quantitative estimate of drug-likeness (QED) is 0.553. The summed E-state index contributed by atoms with van der Waals surface area (Å²) in [6.45, 7) is 3.45. The minimum Gasteiger partial charge on any atom is -0.402 e. The predicted molar refractivity (Wildman–Crippen MR) is 41.7 cm³/mol. The van der Waals surface area contributed by atoms with Crippen molar-refractivity contribution < 1.29 is 9.90 Å². The smallest absolute Gasteiger partial charge is 0.189 e. The Morgan fingerprint density at radius 2 is 2.55 bits per heavy atom. The Hall–Kier alpha value is -1.09. The molecule has 0 spiro atoms. The molecule has 3 heteroatoms. The molecule has 0 fully saturated rings. The van der Waals surface area contributed by atoms with E-state index < -0.39 is 5.60 Å². The van der Waals surface area contributed by atoms with Gasteiger partial charge in [0.2, 0.25) is 0 Å². The van der Waals surface area contributed by atoms with Crippen molar-refractivity contribution >= 4 is 5.78 Å². The van der Waals surface area contributed by atoms with Crippen molar-refractivity contribution in [2.45, 2.75) is 18.4 Å². The second-order valence-corrected chi connectivity index (χ2v) is 2.78. The van der Waals surface area contributed by atoms with E-state index >= 15 is 0 Å². The van der Waals surface area contributed by atoms with Crippen molar-refractivity contribution in [1.29, 1.82) is 0 Å². The van der Waals surface area contributed by atoms with E-state index in [-0.39, 0.29) is 18.6 Å². The monoisotopic (exact) mass is 153 g/mol. The van der Waals surface area contributed by atoms with Gasteiger partial charge in [0.05, 0.1) is 0 Å². The van der Waals surface area contributed by atoms with Gasteiger partial charge in [-0.05, 0) is 0 Å². The highest BCUT2D eigenvalue weighted by Gasteiger charge is 2.38. The van der Waals surface area contributed by atoms with Gasteiger partial charge in [-0.1, -0.05) is 6.08 Å².